The van der Waals surface area contributed by atoms with Crippen molar-refractivity contribution in [1.82, 2.24) is 4.90 Å². The number of hydrogen-bond acceptors (Lipinski definition) is 2. The van der Waals surface area contributed by atoms with Crippen molar-refractivity contribution < 1.29 is 4.79 Å². The summed E-state index contributed by atoms with van der Waals surface area (Å²) in [5.41, 5.74) is 5.24. The van der Waals surface area contributed by atoms with Crippen molar-refractivity contribution in [2.24, 2.45) is 17.6 Å². The zero-order valence-electron chi connectivity index (χ0n) is 8.62. The Labute approximate surface area is 80.3 Å². The number of primary amides is 1. The molecule has 1 rings (SSSR count). The first-order chi connectivity index (χ1) is 6.09. The molecule has 0 aromatic heterocycles. The Morgan fingerprint density at radius 1 is 1.69 bits per heavy atom. The van der Waals surface area contributed by atoms with E-state index in [-0.39, 0.29) is 11.8 Å². The Hall–Kier alpha value is -0.570. The van der Waals surface area contributed by atoms with Crippen LogP contribution < -0.4 is 5.73 Å². The summed E-state index contributed by atoms with van der Waals surface area (Å²) in [4.78, 5) is 13.2. The molecule has 1 amide bonds. The molecule has 76 valence electrons. The van der Waals surface area contributed by atoms with Gasteiger partial charge in [0.25, 0.3) is 0 Å². The smallest absolute Gasteiger partial charge is 0.220 e. The third-order valence-electron chi connectivity index (χ3n) is 2.89. The van der Waals surface area contributed by atoms with Crippen LogP contribution in [0.5, 0.6) is 0 Å². The number of rotatable bonds is 3. The average Bonchev–Trinajstić information content (AvgIpc) is 2.04. The molecule has 3 heteroatoms. The highest BCUT2D eigenvalue weighted by Crippen LogP contribution is 2.22. The predicted molar refractivity (Wildman–Crippen MR) is 53.2 cm³/mol. The van der Waals surface area contributed by atoms with Gasteiger partial charge in [-0.05, 0) is 38.8 Å². The van der Waals surface area contributed by atoms with Crippen LogP contribution in [-0.2, 0) is 4.79 Å². The van der Waals surface area contributed by atoms with E-state index < -0.39 is 0 Å². The highest BCUT2D eigenvalue weighted by atomic mass is 16.1. The largest absolute Gasteiger partial charge is 0.369 e. The molecule has 1 heterocycles. The summed E-state index contributed by atoms with van der Waals surface area (Å²) < 4.78 is 0. The maximum atomic E-state index is 10.9. The number of nitrogens with zero attached hydrogens (tertiary/aromatic N) is 1. The van der Waals surface area contributed by atoms with Crippen molar-refractivity contribution in [2.75, 3.05) is 20.1 Å². The van der Waals surface area contributed by atoms with Gasteiger partial charge in [-0.1, -0.05) is 6.92 Å². The van der Waals surface area contributed by atoms with E-state index in [9.17, 15) is 4.79 Å². The lowest BCUT2D eigenvalue weighted by Crippen LogP contribution is -2.34. The van der Waals surface area contributed by atoms with Crippen LogP contribution in [0.25, 0.3) is 0 Å². The van der Waals surface area contributed by atoms with E-state index >= 15 is 0 Å². The quantitative estimate of drug-likeness (QED) is 0.706. The van der Waals surface area contributed by atoms with Crippen molar-refractivity contribution in [3.05, 3.63) is 0 Å². The summed E-state index contributed by atoms with van der Waals surface area (Å²) in [6.07, 6.45) is 3.47. The number of piperidine rings is 1. The van der Waals surface area contributed by atoms with Crippen molar-refractivity contribution in [3.63, 3.8) is 0 Å². The molecule has 3 nitrogen and oxygen atoms in total. The van der Waals surface area contributed by atoms with Gasteiger partial charge in [0, 0.05) is 12.5 Å². The van der Waals surface area contributed by atoms with E-state index in [4.69, 9.17) is 5.73 Å². The van der Waals surface area contributed by atoms with E-state index in [1.165, 1.54) is 19.4 Å². The number of hydrogen-bond donors (Lipinski definition) is 1. The summed E-state index contributed by atoms with van der Waals surface area (Å²) in [7, 11) is 2.14. The Morgan fingerprint density at radius 3 is 2.92 bits per heavy atom. The molecule has 0 aliphatic carbocycles. The first-order valence-electron chi connectivity index (χ1n) is 5.07. The first kappa shape index (κ1) is 10.5. The van der Waals surface area contributed by atoms with Gasteiger partial charge in [-0.2, -0.15) is 0 Å². The fraction of sp³-hybridized carbons (Fsp3) is 0.900. The monoisotopic (exact) mass is 184 g/mol. The molecule has 2 N–H and O–H groups in total. The fourth-order valence-electron chi connectivity index (χ4n) is 2.08. The van der Waals surface area contributed by atoms with Gasteiger partial charge in [-0.25, -0.2) is 0 Å². The standard InChI is InChI=1S/C10H20N2O/c1-8(10(11)13)6-9-4-3-5-12(2)7-9/h8-9H,3-7H2,1-2H3,(H2,11,13). The van der Waals surface area contributed by atoms with Gasteiger partial charge in [0.05, 0.1) is 0 Å². The second kappa shape index (κ2) is 4.61. The number of nitrogens with two attached hydrogens (primary N) is 1. The van der Waals surface area contributed by atoms with E-state index in [1.54, 1.807) is 0 Å². The van der Waals surface area contributed by atoms with Crippen LogP contribution in [0.3, 0.4) is 0 Å². The molecule has 0 bridgehead atoms. The maximum Gasteiger partial charge on any atom is 0.220 e. The molecule has 1 saturated heterocycles. The minimum absolute atomic E-state index is 0.0384. The second-order valence-corrected chi connectivity index (χ2v) is 4.31. The molecular formula is C10H20N2O. The van der Waals surface area contributed by atoms with Crippen LogP contribution in [0.1, 0.15) is 26.2 Å². The number of likely N-dealkylation sites (tertiary alicyclic amines) is 1. The summed E-state index contributed by atoms with van der Waals surface area (Å²) in [5.74, 6) is 0.547. The Morgan fingerprint density at radius 2 is 2.38 bits per heavy atom. The normalized spacial score (nSPS) is 27.1. The van der Waals surface area contributed by atoms with Gasteiger partial charge in [0.15, 0.2) is 0 Å². The zero-order valence-corrected chi connectivity index (χ0v) is 8.62. The van der Waals surface area contributed by atoms with Gasteiger partial charge in [0.2, 0.25) is 5.91 Å². The van der Waals surface area contributed by atoms with Crippen LogP contribution in [0.2, 0.25) is 0 Å². The predicted octanol–water partition coefficient (Wildman–Crippen LogP) is 0.840. The molecule has 1 aliphatic heterocycles. The number of amides is 1. The molecule has 1 fully saturated rings. The number of carbonyl (C=O) groups is 1. The van der Waals surface area contributed by atoms with Crippen LogP contribution in [0.4, 0.5) is 0 Å². The summed E-state index contributed by atoms with van der Waals surface area (Å²) in [6, 6.07) is 0. The molecule has 13 heavy (non-hydrogen) atoms. The maximum absolute atomic E-state index is 10.9. The minimum atomic E-state index is -0.159. The van der Waals surface area contributed by atoms with E-state index in [2.05, 4.69) is 11.9 Å². The lowest BCUT2D eigenvalue weighted by Gasteiger charge is -2.30. The molecule has 0 saturated carbocycles. The molecule has 0 spiro atoms. The van der Waals surface area contributed by atoms with E-state index in [1.807, 2.05) is 6.92 Å². The van der Waals surface area contributed by atoms with Crippen molar-refractivity contribution >= 4 is 5.91 Å². The topological polar surface area (TPSA) is 46.3 Å². The van der Waals surface area contributed by atoms with Gasteiger partial charge in [0.1, 0.15) is 0 Å². The molecule has 2 atom stereocenters. The van der Waals surface area contributed by atoms with Gasteiger partial charge in [-0.3, -0.25) is 4.79 Å². The van der Waals surface area contributed by atoms with Crippen LogP contribution in [-0.4, -0.2) is 30.9 Å². The van der Waals surface area contributed by atoms with Crippen LogP contribution in [0.15, 0.2) is 0 Å². The Kier molecular flexibility index (Phi) is 3.72. The third kappa shape index (κ3) is 3.35. The lowest BCUT2D eigenvalue weighted by atomic mass is 9.89. The Balaban J connectivity index is 2.31. The lowest BCUT2D eigenvalue weighted by molar-refractivity contribution is -0.121. The molecule has 2 unspecified atom stereocenters. The fourth-order valence-corrected chi connectivity index (χ4v) is 2.08. The number of carbonyl (C=O) groups excluding carboxylic acids is 1. The first-order valence-corrected chi connectivity index (χ1v) is 5.07. The van der Waals surface area contributed by atoms with E-state index in [0.717, 1.165) is 13.0 Å². The molecule has 0 radical (unpaired) electrons. The second-order valence-electron chi connectivity index (χ2n) is 4.31. The molecule has 1 aliphatic rings. The van der Waals surface area contributed by atoms with Gasteiger partial charge >= 0.3 is 0 Å². The SMILES string of the molecule is CC(CC1CCCN(C)C1)C(N)=O. The highest BCUT2D eigenvalue weighted by molar-refractivity contribution is 5.76. The van der Waals surface area contributed by atoms with Crippen molar-refractivity contribution in [1.29, 1.82) is 0 Å². The van der Waals surface area contributed by atoms with E-state index in [0.29, 0.717) is 5.92 Å². The highest BCUT2D eigenvalue weighted by Gasteiger charge is 2.21. The minimum Gasteiger partial charge on any atom is -0.369 e. The molecular weight excluding hydrogens is 164 g/mol. The van der Waals surface area contributed by atoms with Crippen LogP contribution >= 0.6 is 0 Å². The summed E-state index contributed by atoms with van der Waals surface area (Å²) >= 11 is 0. The van der Waals surface area contributed by atoms with Crippen molar-refractivity contribution in [3.8, 4) is 0 Å². The third-order valence-corrected chi connectivity index (χ3v) is 2.89. The summed E-state index contributed by atoms with van der Waals surface area (Å²) in [5, 5.41) is 0. The van der Waals surface area contributed by atoms with Crippen molar-refractivity contribution in [2.45, 2.75) is 26.2 Å². The summed E-state index contributed by atoms with van der Waals surface area (Å²) in [6.45, 7) is 4.25. The van der Waals surface area contributed by atoms with Crippen LogP contribution in [0, 0.1) is 11.8 Å². The average molecular weight is 184 g/mol. The molecule has 0 aromatic carbocycles. The molecule has 0 aromatic rings. The Bertz CT molecular complexity index is 182. The van der Waals surface area contributed by atoms with Gasteiger partial charge < -0.3 is 10.6 Å². The zero-order chi connectivity index (χ0) is 9.84. The van der Waals surface area contributed by atoms with Gasteiger partial charge in [-0.15, -0.1) is 0 Å².